The number of benzene rings is 1. The summed E-state index contributed by atoms with van der Waals surface area (Å²) in [5.41, 5.74) is 1.50. The molecular formula is C25H32N2O10S. The molecule has 208 valence electrons. The molecule has 0 saturated carbocycles. The van der Waals surface area contributed by atoms with Crippen LogP contribution in [0.15, 0.2) is 48.6 Å². The Morgan fingerprint density at radius 3 is 2.11 bits per heavy atom. The molecule has 0 N–H and O–H groups in total. The maximum absolute atomic E-state index is 12.0. The van der Waals surface area contributed by atoms with Gasteiger partial charge in [0.1, 0.15) is 19.8 Å². The minimum Gasteiger partial charge on any atom is -0.466 e. The largest absolute Gasteiger partial charge is 0.466 e. The van der Waals surface area contributed by atoms with Crippen molar-refractivity contribution in [1.29, 1.82) is 0 Å². The molecule has 0 atom stereocenters. The molecule has 0 bridgehead atoms. The topological polar surface area (TPSA) is 146 Å². The van der Waals surface area contributed by atoms with Crippen molar-refractivity contribution in [3.05, 3.63) is 54.1 Å². The lowest BCUT2D eigenvalue weighted by Crippen LogP contribution is -2.41. The van der Waals surface area contributed by atoms with Gasteiger partial charge in [-0.1, -0.05) is 12.1 Å². The van der Waals surface area contributed by atoms with E-state index in [0.29, 0.717) is 31.7 Å². The minimum atomic E-state index is -2.96. The van der Waals surface area contributed by atoms with Crippen LogP contribution >= 0.6 is 0 Å². The summed E-state index contributed by atoms with van der Waals surface area (Å²) in [6.45, 7) is 1.75. The normalized spacial score (nSPS) is 15.2. The SMILES string of the molecule is COC(=O)/C=C/C(=O)OCCN(C)c1cccc(COC(=O)/C=C/C(=O)OCCN2CCS(=O)(=O)CC2)c1. The highest BCUT2D eigenvalue weighted by molar-refractivity contribution is 7.91. The number of hydrogen-bond acceptors (Lipinski definition) is 12. The third-order valence-corrected chi connectivity index (χ3v) is 7.01. The van der Waals surface area contributed by atoms with E-state index < -0.39 is 33.7 Å². The van der Waals surface area contributed by atoms with Crippen molar-refractivity contribution in [2.45, 2.75) is 6.61 Å². The van der Waals surface area contributed by atoms with Crippen LogP contribution in [0.25, 0.3) is 0 Å². The number of nitrogens with zero attached hydrogens (tertiary/aromatic N) is 2. The third kappa shape index (κ3) is 12.0. The number of methoxy groups -OCH3 is 1. The van der Waals surface area contributed by atoms with Gasteiger partial charge < -0.3 is 23.8 Å². The van der Waals surface area contributed by atoms with Gasteiger partial charge in [-0.15, -0.1) is 0 Å². The van der Waals surface area contributed by atoms with E-state index in [1.807, 2.05) is 15.9 Å². The first-order valence-corrected chi connectivity index (χ1v) is 13.6. The monoisotopic (exact) mass is 552 g/mol. The Bertz CT molecular complexity index is 1130. The molecule has 0 radical (unpaired) electrons. The number of anilines is 1. The molecule has 12 nitrogen and oxygen atoms in total. The van der Waals surface area contributed by atoms with E-state index >= 15 is 0 Å². The van der Waals surface area contributed by atoms with Crippen LogP contribution in [-0.4, -0.2) is 102 Å². The summed E-state index contributed by atoms with van der Waals surface area (Å²) in [4.78, 5) is 50.1. The number of sulfone groups is 1. The molecular weight excluding hydrogens is 520 g/mol. The van der Waals surface area contributed by atoms with Crippen LogP contribution in [0.3, 0.4) is 0 Å². The average molecular weight is 553 g/mol. The Labute approximate surface area is 221 Å². The second-order valence-electron chi connectivity index (χ2n) is 8.22. The van der Waals surface area contributed by atoms with Gasteiger partial charge in [-0.2, -0.15) is 0 Å². The fourth-order valence-electron chi connectivity index (χ4n) is 3.18. The highest BCUT2D eigenvalue weighted by Crippen LogP contribution is 2.15. The summed E-state index contributed by atoms with van der Waals surface area (Å²) in [5.74, 6) is -2.54. The zero-order valence-electron chi connectivity index (χ0n) is 21.4. The Morgan fingerprint density at radius 2 is 1.47 bits per heavy atom. The maximum atomic E-state index is 12.0. The van der Waals surface area contributed by atoms with Crippen LogP contribution in [0.5, 0.6) is 0 Å². The Kier molecular flexibility index (Phi) is 12.5. The molecule has 1 fully saturated rings. The predicted molar refractivity (Wildman–Crippen MR) is 137 cm³/mol. The highest BCUT2D eigenvalue weighted by atomic mass is 32.2. The lowest BCUT2D eigenvalue weighted by atomic mass is 10.2. The van der Waals surface area contributed by atoms with Gasteiger partial charge in [0, 0.05) is 56.7 Å². The van der Waals surface area contributed by atoms with Crippen LogP contribution in [0.2, 0.25) is 0 Å². The molecule has 0 amide bonds. The standard InChI is InChI=1S/C25H32N2O10S/c1-26(10-14-35-23(29)7-6-22(28)34-2)21-5-3-4-20(18-21)19-37-25(31)9-8-24(30)36-15-11-27-12-16-38(32,33)17-13-27/h3-9,18H,10-17,19H2,1-2H3/b7-6+,9-8+. The van der Waals surface area contributed by atoms with Crippen molar-refractivity contribution in [3.8, 4) is 0 Å². The molecule has 1 aromatic carbocycles. The molecule has 1 aliphatic heterocycles. The quantitative estimate of drug-likeness (QED) is 0.188. The van der Waals surface area contributed by atoms with E-state index in [-0.39, 0.29) is 31.3 Å². The van der Waals surface area contributed by atoms with Crippen molar-refractivity contribution in [2.24, 2.45) is 0 Å². The predicted octanol–water partition coefficient (Wildman–Crippen LogP) is 0.268. The van der Waals surface area contributed by atoms with Crippen molar-refractivity contribution < 1.29 is 46.5 Å². The molecule has 13 heteroatoms. The number of ether oxygens (including phenoxy) is 4. The zero-order valence-corrected chi connectivity index (χ0v) is 22.2. The lowest BCUT2D eigenvalue weighted by Gasteiger charge is -2.25. The Balaban J connectivity index is 1.68. The second-order valence-corrected chi connectivity index (χ2v) is 10.5. The molecule has 1 aromatic rings. The van der Waals surface area contributed by atoms with Crippen LogP contribution in [-0.2, 0) is 54.6 Å². The molecule has 0 aliphatic carbocycles. The Morgan fingerprint density at radius 1 is 0.895 bits per heavy atom. The first-order valence-electron chi connectivity index (χ1n) is 11.7. The van der Waals surface area contributed by atoms with Gasteiger partial charge in [-0.3, -0.25) is 4.90 Å². The summed E-state index contributed by atoms with van der Waals surface area (Å²) < 4.78 is 42.5. The van der Waals surface area contributed by atoms with Crippen LogP contribution in [0.1, 0.15) is 5.56 Å². The molecule has 38 heavy (non-hydrogen) atoms. The van der Waals surface area contributed by atoms with Crippen molar-refractivity contribution in [1.82, 2.24) is 4.90 Å². The van der Waals surface area contributed by atoms with Gasteiger partial charge in [-0.25, -0.2) is 27.6 Å². The van der Waals surface area contributed by atoms with Crippen LogP contribution in [0.4, 0.5) is 5.69 Å². The number of carbonyl (C=O) groups is 4. The van der Waals surface area contributed by atoms with E-state index in [0.717, 1.165) is 30.0 Å². The zero-order chi connectivity index (χ0) is 28.0. The maximum Gasteiger partial charge on any atom is 0.331 e. The fraction of sp³-hybridized carbons (Fsp3) is 0.440. The summed E-state index contributed by atoms with van der Waals surface area (Å²) >= 11 is 0. The van der Waals surface area contributed by atoms with Gasteiger partial charge in [0.05, 0.1) is 25.2 Å². The average Bonchev–Trinajstić information content (AvgIpc) is 2.90. The molecule has 0 unspecified atom stereocenters. The van der Waals surface area contributed by atoms with Crippen LogP contribution in [0, 0.1) is 0 Å². The van der Waals surface area contributed by atoms with Gasteiger partial charge >= 0.3 is 23.9 Å². The van der Waals surface area contributed by atoms with Crippen molar-refractivity contribution >= 4 is 39.4 Å². The van der Waals surface area contributed by atoms with Gasteiger partial charge in [0.2, 0.25) is 0 Å². The fourth-order valence-corrected chi connectivity index (χ4v) is 4.46. The number of esters is 4. The molecule has 0 aromatic heterocycles. The summed E-state index contributed by atoms with van der Waals surface area (Å²) in [6, 6.07) is 7.19. The summed E-state index contributed by atoms with van der Waals surface area (Å²) in [6.07, 6.45) is 3.92. The first-order chi connectivity index (χ1) is 18.1. The Hall–Kier alpha value is -3.71. The van der Waals surface area contributed by atoms with Crippen LogP contribution < -0.4 is 4.90 Å². The third-order valence-electron chi connectivity index (χ3n) is 5.40. The lowest BCUT2D eigenvalue weighted by molar-refractivity contribution is -0.141. The number of carbonyl (C=O) groups excluding carboxylic acids is 4. The van der Waals surface area contributed by atoms with Gasteiger partial charge in [0.25, 0.3) is 0 Å². The molecule has 2 rings (SSSR count). The molecule has 0 spiro atoms. The van der Waals surface area contributed by atoms with E-state index in [9.17, 15) is 27.6 Å². The number of rotatable bonds is 13. The first kappa shape index (κ1) is 30.5. The smallest absolute Gasteiger partial charge is 0.331 e. The summed E-state index contributed by atoms with van der Waals surface area (Å²) in [5, 5.41) is 0. The highest BCUT2D eigenvalue weighted by Gasteiger charge is 2.21. The van der Waals surface area contributed by atoms with Crippen molar-refractivity contribution in [3.63, 3.8) is 0 Å². The van der Waals surface area contributed by atoms with Crippen molar-refractivity contribution in [2.75, 3.05) is 70.0 Å². The molecule has 1 heterocycles. The minimum absolute atomic E-state index is 0.0227. The molecule has 1 aliphatic rings. The number of hydrogen-bond donors (Lipinski definition) is 0. The van der Waals surface area contributed by atoms with E-state index in [1.54, 1.807) is 25.2 Å². The molecule has 1 saturated heterocycles. The summed E-state index contributed by atoms with van der Waals surface area (Å²) in [7, 11) is 0.0354. The van der Waals surface area contributed by atoms with E-state index in [1.165, 1.54) is 7.11 Å². The van der Waals surface area contributed by atoms with E-state index in [4.69, 9.17) is 14.2 Å². The number of likely N-dealkylation sites (N-methyl/N-ethyl adjacent to an activating group) is 1. The van der Waals surface area contributed by atoms with E-state index in [2.05, 4.69) is 4.74 Å². The van der Waals surface area contributed by atoms with Gasteiger partial charge in [-0.05, 0) is 17.7 Å². The second kappa shape index (κ2) is 15.5. The van der Waals surface area contributed by atoms with Gasteiger partial charge in [0.15, 0.2) is 9.84 Å².